The van der Waals surface area contributed by atoms with Gasteiger partial charge in [0.25, 0.3) is 0 Å². The van der Waals surface area contributed by atoms with Crippen molar-refractivity contribution in [1.82, 2.24) is 0 Å². The van der Waals surface area contributed by atoms with Gasteiger partial charge in [0.05, 0.1) is 39.6 Å². The molecule has 0 radical (unpaired) electrons. The second-order valence-corrected chi connectivity index (χ2v) is 10.3. The Morgan fingerprint density at radius 3 is 2.26 bits per heavy atom. The number of hydrogen-bond acceptors (Lipinski definition) is 15. The lowest BCUT2D eigenvalue weighted by Crippen LogP contribution is -2.58. The summed E-state index contributed by atoms with van der Waals surface area (Å²) < 4.78 is 34.2. The second kappa shape index (κ2) is 11.9. The molecule has 8 atom stereocenters. The van der Waals surface area contributed by atoms with Crippen LogP contribution in [0.15, 0.2) is 39.5 Å². The average Bonchev–Trinajstić information content (AvgIpc) is 3.28. The van der Waals surface area contributed by atoms with E-state index in [1.165, 1.54) is 38.5 Å². The number of phenolic OH excluding ortho intramolecular Hbond substituents is 2. The molecule has 3 aromatic rings. The molecule has 0 amide bonds. The molecule has 0 aliphatic carbocycles. The van der Waals surface area contributed by atoms with E-state index in [-0.39, 0.29) is 39.5 Å². The summed E-state index contributed by atoms with van der Waals surface area (Å²) in [6.07, 6.45) is -11.6. The van der Waals surface area contributed by atoms with E-state index < -0.39 is 79.5 Å². The van der Waals surface area contributed by atoms with E-state index in [1.54, 1.807) is 0 Å². The highest BCUT2D eigenvalue weighted by Gasteiger charge is 2.54. The van der Waals surface area contributed by atoms with Crippen LogP contribution in [0.25, 0.3) is 22.3 Å². The van der Waals surface area contributed by atoms with Gasteiger partial charge in [-0.05, 0) is 24.3 Å². The Hall–Kier alpha value is -3.51. The van der Waals surface area contributed by atoms with Crippen LogP contribution < -0.4 is 14.9 Å². The number of ether oxygens (including phenoxy) is 5. The van der Waals surface area contributed by atoms with Crippen LogP contribution in [0.4, 0.5) is 0 Å². The van der Waals surface area contributed by atoms with Gasteiger partial charge in [0.1, 0.15) is 59.1 Å². The molecule has 234 valence electrons. The SMILES string of the molecule is COc1c(OC)c(O)c2c(=O)cc(-c3ccc(O)cc3)oc2c1C1OC(CO)C(O)C(O)C1OC1OCC(O)(CO)C1O. The molecule has 15 heteroatoms. The standard InChI is InChI=1S/C28H32O15/c1-38-22-17(21-16(19(34)24(22)39-2)13(32)7-14(41-21)11-3-5-12(31)6-4-11)23-25(20(35)18(33)15(8-29)42-23)43-27-26(36)28(37,9-30)10-40-27/h3-7,15,18,20,23,25-27,29-31,33-37H,8-10H2,1-2H3. The molecule has 3 heterocycles. The number of fused-ring (bicyclic) bond motifs is 1. The Morgan fingerprint density at radius 1 is 1.00 bits per heavy atom. The summed E-state index contributed by atoms with van der Waals surface area (Å²) in [5, 5.41) is 82.8. The number of benzene rings is 2. The molecule has 43 heavy (non-hydrogen) atoms. The average molecular weight is 609 g/mol. The van der Waals surface area contributed by atoms with Crippen LogP contribution in [-0.4, -0.2) is 117 Å². The van der Waals surface area contributed by atoms with E-state index in [0.29, 0.717) is 5.56 Å². The Labute approximate surface area is 243 Å². The lowest BCUT2D eigenvalue weighted by Gasteiger charge is -2.43. The number of hydrogen-bond donors (Lipinski definition) is 8. The summed E-state index contributed by atoms with van der Waals surface area (Å²) in [5.74, 6) is -1.22. The van der Waals surface area contributed by atoms with Gasteiger partial charge in [0.2, 0.25) is 5.75 Å². The Kier molecular flexibility index (Phi) is 8.54. The topological polar surface area (TPSA) is 238 Å². The van der Waals surface area contributed by atoms with Gasteiger partial charge in [0.15, 0.2) is 28.8 Å². The van der Waals surface area contributed by atoms with Crippen molar-refractivity contribution >= 4 is 11.0 Å². The third-order valence-corrected chi connectivity index (χ3v) is 7.68. The maximum atomic E-state index is 13.4. The van der Waals surface area contributed by atoms with Crippen molar-refractivity contribution in [3.05, 3.63) is 46.1 Å². The Bertz CT molecular complexity index is 1520. The van der Waals surface area contributed by atoms with E-state index in [4.69, 9.17) is 28.1 Å². The van der Waals surface area contributed by atoms with Gasteiger partial charge in [-0.1, -0.05) is 0 Å². The fraction of sp³-hybridized carbons (Fsp3) is 0.464. The first-order valence-corrected chi connectivity index (χ1v) is 13.1. The molecule has 5 rings (SSSR count). The minimum Gasteiger partial charge on any atom is -0.508 e. The fourth-order valence-corrected chi connectivity index (χ4v) is 5.31. The van der Waals surface area contributed by atoms with Crippen molar-refractivity contribution in [3.63, 3.8) is 0 Å². The smallest absolute Gasteiger partial charge is 0.204 e. The molecule has 0 spiro atoms. The van der Waals surface area contributed by atoms with E-state index in [0.717, 1.165) is 6.07 Å². The fourth-order valence-electron chi connectivity index (χ4n) is 5.31. The van der Waals surface area contributed by atoms with Gasteiger partial charge in [-0.2, -0.15) is 0 Å². The molecular weight excluding hydrogens is 576 g/mol. The van der Waals surface area contributed by atoms with Gasteiger partial charge in [-0.15, -0.1) is 0 Å². The quantitative estimate of drug-likeness (QED) is 0.151. The third-order valence-electron chi connectivity index (χ3n) is 7.68. The Balaban J connectivity index is 1.75. The van der Waals surface area contributed by atoms with Crippen LogP contribution in [0, 0.1) is 0 Å². The van der Waals surface area contributed by atoms with Crippen molar-refractivity contribution in [2.24, 2.45) is 0 Å². The van der Waals surface area contributed by atoms with Crippen LogP contribution in [0.1, 0.15) is 11.7 Å². The van der Waals surface area contributed by atoms with Crippen molar-refractivity contribution in [2.75, 3.05) is 34.0 Å². The predicted octanol–water partition coefficient (Wildman–Crippen LogP) is -1.13. The minimum absolute atomic E-state index is 0.000461. The van der Waals surface area contributed by atoms with E-state index in [9.17, 15) is 45.6 Å². The first-order chi connectivity index (χ1) is 20.5. The number of aromatic hydroxyl groups is 2. The zero-order valence-corrected chi connectivity index (χ0v) is 23.0. The van der Waals surface area contributed by atoms with E-state index in [1.807, 2.05) is 0 Å². The highest BCUT2D eigenvalue weighted by atomic mass is 16.7. The van der Waals surface area contributed by atoms with Crippen molar-refractivity contribution in [3.8, 4) is 34.3 Å². The monoisotopic (exact) mass is 608 g/mol. The lowest BCUT2D eigenvalue weighted by molar-refractivity contribution is -0.286. The molecule has 2 aliphatic heterocycles. The van der Waals surface area contributed by atoms with Crippen LogP contribution in [0.3, 0.4) is 0 Å². The number of aliphatic hydroxyl groups is 6. The molecule has 2 fully saturated rings. The highest BCUT2D eigenvalue weighted by Crippen LogP contribution is 2.51. The molecule has 0 bridgehead atoms. The molecular formula is C28H32O15. The van der Waals surface area contributed by atoms with Crippen LogP contribution in [0.2, 0.25) is 0 Å². The molecule has 2 aromatic carbocycles. The summed E-state index contributed by atoms with van der Waals surface area (Å²) in [4.78, 5) is 13.4. The summed E-state index contributed by atoms with van der Waals surface area (Å²) >= 11 is 0. The van der Waals surface area contributed by atoms with Gasteiger partial charge >= 0.3 is 0 Å². The largest absolute Gasteiger partial charge is 0.508 e. The maximum Gasteiger partial charge on any atom is 0.204 e. The Morgan fingerprint density at radius 2 is 1.67 bits per heavy atom. The van der Waals surface area contributed by atoms with Crippen LogP contribution in [-0.2, 0) is 14.2 Å². The third kappa shape index (κ3) is 5.18. The van der Waals surface area contributed by atoms with Crippen LogP contribution >= 0.6 is 0 Å². The van der Waals surface area contributed by atoms with Crippen molar-refractivity contribution in [2.45, 2.75) is 48.5 Å². The molecule has 2 aliphatic rings. The summed E-state index contributed by atoms with van der Waals surface area (Å²) in [7, 11) is 2.41. The predicted molar refractivity (Wildman–Crippen MR) is 144 cm³/mol. The zero-order valence-electron chi connectivity index (χ0n) is 23.0. The first kappa shape index (κ1) is 30.9. The van der Waals surface area contributed by atoms with Gasteiger partial charge in [-0.25, -0.2) is 0 Å². The summed E-state index contributed by atoms with van der Waals surface area (Å²) in [6, 6.07) is 6.79. The number of methoxy groups -OCH3 is 2. The first-order valence-electron chi connectivity index (χ1n) is 13.1. The zero-order chi connectivity index (χ0) is 31.2. The molecule has 2 saturated heterocycles. The normalized spacial score (nSPS) is 30.9. The molecule has 8 N–H and O–H groups in total. The number of aliphatic hydroxyl groups excluding tert-OH is 5. The van der Waals surface area contributed by atoms with Crippen molar-refractivity contribution in [1.29, 1.82) is 0 Å². The number of phenols is 2. The number of rotatable bonds is 8. The van der Waals surface area contributed by atoms with Crippen molar-refractivity contribution < 1.29 is 69.0 Å². The van der Waals surface area contributed by atoms with E-state index in [2.05, 4.69) is 0 Å². The molecule has 15 nitrogen and oxygen atoms in total. The molecule has 8 unspecified atom stereocenters. The lowest BCUT2D eigenvalue weighted by atomic mass is 9.89. The summed E-state index contributed by atoms with van der Waals surface area (Å²) in [6.45, 7) is -2.18. The van der Waals surface area contributed by atoms with Gasteiger partial charge in [0, 0.05) is 11.6 Å². The molecule has 0 saturated carbocycles. The van der Waals surface area contributed by atoms with E-state index >= 15 is 0 Å². The minimum atomic E-state index is -2.09. The highest BCUT2D eigenvalue weighted by molar-refractivity contribution is 5.93. The van der Waals surface area contributed by atoms with Gasteiger partial charge < -0.3 is 69.0 Å². The van der Waals surface area contributed by atoms with Crippen LogP contribution in [0.5, 0.6) is 23.0 Å². The van der Waals surface area contributed by atoms with Gasteiger partial charge in [-0.3, -0.25) is 4.79 Å². The maximum absolute atomic E-state index is 13.4. The molecule has 1 aromatic heterocycles. The summed E-state index contributed by atoms with van der Waals surface area (Å²) in [5.41, 5.74) is -2.90. The second-order valence-electron chi connectivity index (χ2n) is 10.3.